The molecule has 1 heterocycles. The van der Waals surface area contributed by atoms with Crippen LogP contribution >= 0.6 is 11.8 Å². The predicted octanol–water partition coefficient (Wildman–Crippen LogP) is 1.83. The molecule has 0 saturated heterocycles. The van der Waals surface area contributed by atoms with Crippen molar-refractivity contribution in [2.24, 2.45) is 0 Å². The molecule has 0 aliphatic rings. The zero-order valence-electron chi connectivity index (χ0n) is 10.5. The van der Waals surface area contributed by atoms with E-state index in [1.165, 1.54) is 11.8 Å². The summed E-state index contributed by atoms with van der Waals surface area (Å²) in [5.74, 6) is 0.203. The van der Waals surface area contributed by atoms with E-state index in [9.17, 15) is 4.79 Å². The van der Waals surface area contributed by atoms with Crippen molar-refractivity contribution in [3.05, 3.63) is 24.4 Å². The molecule has 5 nitrogen and oxygen atoms in total. The van der Waals surface area contributed by atoms with Gasteiger partial charge in [-0.1, -0.05) is 17.8 Å². The molecule has 0 spiro atoms. The van der Waals surface area contributed by atoms with E-state index in [1.807, 2.05) is 30.3 Å². The molecule has 0 aliphatic carbocycles. The summed E-state index contributed by atoms with van der Waals surface area (Å²) in [6, 6.07) is 9.54. The van der Waals surface area contributed by atoms with Crippen LogP contribution in [0.4, 0.5) is 0 Å². The lowest BCUT2D eigenvalue weighted by molar-refractivity contribution is -0.128. The SMILES string of the molecule is N#CCCN(CCC#N)C(=O)CSc1ccccn1. The number of carbonyl (C=O) groups is 1. The number of carbonyl (C=O) groups excluding carboxylic acids is 1. The average molecular weight is 274 g/mol. The molecule has 0 unspecified atom stereocenters. The smallest absolute Gasteiger partial charge is 0.233 e. The number of thioether (sulfide) groups is 1. The van der Waals surface area contributed by atoms with E-state index in [4.69, 9.17) is 10.5 Å². The number of rotatable bonds is 7. The summed E-state index contributed by atoms with van der Waals surface area (Å²) in [5, 5.41) is 17.9. The highest BCUT2D eigenvalue weighted by Gasteiger charge is 2.13. The molecule has 0 atom stereocenters. The predicted molar refractivity (Wildman–Crippen MR) is 72.0 cm³/mol. The molecule has 0 aromatic carbocycles. The number of pyridine rings is 1. The number of nitriles is 2. The topological polar surface area (TPSA) is 80.8 Å². The second kappa shape index (κ2) is 8.96. The first-order chi connectivity index (χ1) is 9.27. The first-order valence-corrected chi connectivity index (χ1v) is 6.82. The largest absolute Gasteiger partial charge is 0.340 e. The molecule has 0 radical (unpaired) electrons. The minimum absolute atomic E-state index is 0.0684. The second-order valence-electron chi connectivity index (χ2n) is 3.65. The fraction of sp³-hybridized carbons (Fsp3) is 0.385. The van der Waals surface area contributed by atoms with E-state index in [0.717, 1.165) is 5.03 Å². The van der Waals surface area contributed by atoms with Gasteiger partial charge in [0.1, 0.15) is 0 Å². The van der Waals surface area contributed by atoms with Crippen LogP contribution in [0.15, 0.2) is 29.4 Å². The number of amides is 1. The van der Waals surface area contributed by atoms with Crippen LogP contribution < -0.4 is 0 Å². The van der Waals surface area contributed by atoms with E-state index >= 15 is 0 Å². The Morgan fingerprint density at radius 3 is 2.47 bits per heavy atom. The van der Waals surface area contributed by atoms with Crippen LogP contribution in [0.25, 0.3) is 0 Å². The summed E-state index contributed by atoms with van der Waals surface area (Å²) in [6.07, 6.45) is 2.24. The van der Waals surface area contributed by atoms with Gasteiger partial charge in [-0.2, -0.15) is 10.5 Å². The van der Waals surface area contributed by atoms with Crippen molar-refractivity contribution < 1.29 is 4.79 Å². The van der Waals surface area contributed by atoms with Crippen LogP contribution in [0.2, 0.25) is 0 Å². The van der Waals surface area contributed by atoms with Crippen LogP contribution in [-0.4, -0.2) is 34.6 Å². The van der Waals surface area contributed by atoms with Crippen LogP contribution in [0, 0.1) is 22.7 Å². The van der Waals surface area contributed by atoms with Gasteiger partial charge in [0.2, 0.25) is 5.91 Å². The Hall–Kier alpha value is -2.05. The monoisotopic (exact) mass is 274 g/mol. The van der Waals surface area contributed by atoms with Crippen LogP contribution in [0.5, 0.6) is 0 Å². The minimum atomic E-state index is -0.0684. The second-order valence-corrected chi connectivity index (χ2v) is 4.65. The molecule has 0 N–H and O–H groups in total. The number of nitrogens with zero attached hydrogens (tertiary/aromatic N) is 4. The van der Waals surface area contributed by atoms with Crippen molar-refractivity contribution in [3.63, 3.8) is 0 Å². The maximum absolute atomic E-state index is 12.0. The molecule has 1 rings (SSSR count). The van der Waals surface area contributed by atoms with E-state index < -0.39 is 0 Å². The average Bonchev–Trinajstić information content (AvgIpc) is 2.46. The van der Waals surface area contributed by atoms with Gasteiger partial charge in [0.15, 0.2) is 0 Å². The molecule has 1 amide bonds. The lowest BCUT2D eigenvalue weighted by Gasteiger charge is -2.19. The first kappa shape index (κ1) is 15.0. The summed E-state index contributed by atoms with van der Waals surface area (Å²) in [5.41, 5.74) is 0. The highest BCUT2D eigenvalue weighted by Crippen LogP contribution is 2.14. The number of aromatic nitrogens is 1. The third kappa shape index (κ3) is 5.89. The Kier molecular flexibility index (Phi) is 7.08. The van der Waals surface area contributed by atoms with Crippen LogP contribution in [-0.2, 0) is 4.79 Å². The minimum Gasteiger partial charge on any atom is -0.340 e. The summed E-state index contributed by atoms with van der Waals surface area (Å²) < 4.78 is 0. The van der Waals surface area contributed by atoms with Gasteiger partial charge in [0.25, 0.3) is 0 Å². The molecule has 0 aliphatic heterocycles. The number of hydrogen-bond donors (Lipinski definition) is 0. The van der Waals surface area contributed by atoms with Crippen molar-refractivity contribution in [2.75, 3.05) is 18.8 Å². The molecular weight excluding hydrogens is 260 g/mol. The first-order valence-electron chi connectivity index (χ1n) is 5.83. The lowest BCUT2D eigenvalue weighted by Crippen LogP contribution is -2.34. The number of hydrogen-bond acceptors (Lipinski definition) is 5. The molecule has 98 valence electrons. The van der Waals surface area contributed by atoms with Gasteiger partial charge in [0.05, 0.1) is 35.8 Å². The Morgan fingerprint density at radius 1 is 1.26 bits per heavy atom. The van der Waals surface area contributed by atoms with Gasteiger partial charge < -0.3 is 4.90 Å². The van der Waals surface area contributed by atoms with E-state index in [-0.39, 0.29) is 24.5 Å². The third-order valence-electron chi connectivity index (χ3n) is 2.32. The standard InChI is InChI=1S/C13H14N4OS/c14-6-3-9-17(10-4-7-15)13(18)11-19-12-5-1-2-8-16-12/h1-2,5,8H,3-4,9-11H2. The Labute approximate surface area is 116 Å². The van der Waals surface area contributed by atoms with Crippen molar-refractivity contribution in [2.45, 2.75) is 17.9 Å². The van der Waals surface area contributed by atoms with Gasteiger partial charge >= 0.3 is 0 Å². The third-order valence-corrected chi connectivity index (χ3v) is 3.25. The maximum atomic E-state index is 12.0. The van der Waals surface area contributed by atoms with Crippen molar-refractivity contribution in [3.8, 4) is 12.1 Å². The fourth-order valence-corrected chi connectivity index (χ4v) is 2.15. The van der Waals surface area contributed by atoms with E-state index in [1.54, 1.807) is 11.1 Å². The lowest BCUT2D eigenvalue weighted by atomic mass is 10.3. The van der Waals surface area contributed by atoms with E-state index in [0.29, 0.717) is 13.1 Å². The van der Waals surface area contributed by atoms with E-state index in [2.05, 4.69) is 4.98 Å². The molecule has 19 heavy (non-hydrogen) atoms. The Morgan fingerprint density at radius 2 is 1.95 bits per heavy atom. The molecule has 6 heteroatoms. The fourth-order valence-electron chi connectivity index (χ4n) is 1.39. The molecular formula is C13H14N4OS. The Bertz CT molecular complexity index is 460. The van der Waals surface area contributed by atoms with Crippen LogP contribution in [0.1, 0.15) is 12.8 Å². The van der Waals surface area contributed by atoms with Gasteiger partial charge in [-0.05, 0) is 12.1 Å². The quantitative estimate of drug-likeness (QED) is 0.708. The molecule has 1 aromatic heterocycles. The Balaban J connectivity index is 2.47. The summed E-state index contributed by atoms with van der Waals surface area (Å²) in [4.78, 5) is 17.7. The molecule has 0 saturated carbocycles. The molecule has 1 aromatic rings. The zero-order valence-corrected chi connectivity index (χ0v) is 11.3. The summed E-state index contributed by atoms with van der Waals surface area (Å²) in [7, 11) is 0. The van der Waals surface area contributed by atoms with Crippen LogP contribution in [0.3, 0.4) is 0 Å². The highest BCUT2D eigenvalue weighted by atomic mass is 32.2. The van der Waals surface area contributed by atoms with Crippen molar-refractivity contribution in [1.29, 1.82) is 10.5 Å². The van der Waals surface area contributed by atoms with Gasteiger partial charge in [-0.15, -0.1) is 0 Å². The maximum Gasteiger partial charge on any atom is 0.233 e. The van der Waals surface area contributed by atoms with Gasteiger partial charge in [0, 0.05) is 19.3 Å². The van der Waals surface area contributed by atoms with Crippen molar-refractivity contribution >= 4 is 17.7 Å². The van der Waals surface area contributed by atoms with Gasteiger partial charge in [-0.3, -0.25) is 4.79 Å². The highest BCUT2D eigenvalue weighted by molar-refractivity contribution is 7.99. The molecule has 0 fully saturated rings. The molecule has 0 bridgehead atoms. The summed E-state index contributed by atoms with van der Waals surface area (Å²) >= 11 is 1.36. The normalized spacial score (nSPS) is 9.37. The summed E-state index contributed by atoms with van der Waals surface area (Å²) in [6.45, 7) is 0.750. The van der Waals surface area contributed by atoms with Crippen molar-refractivity contribution in [1.82, 2.24) is 9.88 Å². The van der Waals surface area contributed by atoms with Gasteiger partial charge in [-0.25, -0.2) is 4.98 Å². The zero-order chi connectivity index (χ0) is 13.9.